The third-order valence-corrected chi connectivity index (χ3v) is 4.37. The van der Waals surface area contributed by atoms with Crippen molar-refractivity contribution in [2.45, 2.75) is 16.2 Å². The van der Waals surface area contributed by atoms with E-state index < -0.39 is 22.2 Å². The minimum absolute atomic E-state index is 0.119. The zero-order chi connectivity index (χ0) is 16.1. The molecule has 2 aromatic rings. The van der Waals surface area contributed by atoms with E-state index in [0.717, 1.165) is 11.8 Å². The highest BCUT2D eigenvalue weighted by Gasteiger charge is 2.30. The summed E-state index contributed by atoms with van der Waals surface area (Å²) in [6.45, 7) is 0. The van der Waals surface area contributed by atoms with Gasteiger partial charge in [0.1, 0.15) is 0 Å². The maximum atomic E-state index is 11.1. The van der Waals surface area contributed by atoms with E-state index in [9.17, 15) is 20.0 Å². The van der Waals surface area contributed by atoms with Gasteiger partial charge >= 0.3 is 5.97 Å². The highest BCUT2D eigenvalue weighted by atomic mass is 32.2. The van der Waals surface area contributed by atoms with Crippen LogP contribution in [0.5, 0.6) is 0 Å². The second-order valence-electron chi connectivity index (χ2n) is 4.46. The largest absolute Gasteiger partial charge is 0.479 e. The molecule has 0 aliphatic heterocycles. The Morgan fingerprint density at radius 1 is 1.09 bits per heavy atom. The van der Waals surface area contributed by atoms with Gasteiger partial charge in [-0.1, -0.05) is 42.5 Å². The number of carboxylic acids is 1. The fourth-order valence-corrected chi connectivity index (χ4v) is 3.16. The zero-order valence-electron chi connectivity index (χ0n) is 11.3. The molecule has 0 aliphatic rings. The van der Waals surface area contributed by atoms with Gasteiger partial charge in [-0.2, -0.15) is 0 Å². The lowest BCUT2D eigenvalue weighted by Crippen LogP contribution is -2.25. The van der Waals surface area contributed by atoms with E-state index in [1.807, 2.05) is 0 Å². The predicted molar refractivity (Wildman–Crippen MR) is 81.8 cm³/mol. The van der Waals surface area contributed by atoms with Crippen LogP contribution < -0.4 is 0 Å². The summed E-state index contributed by atoms with van der Waals surface area (Å²) in [6.07, 6.45) is -1.67. The monoisotopic (exact) mass is 319 g/mol. The van der Waals surface area contributed by atoms with E-state index in [-0.39, 0.29) is 5.69 Å². The maximum Gasteiger partial charge on any atom is 0.334 e. The molecular formula is C15H13NO5S. The Morgan fingerprint density at radius 3 is 2.27 bits per heavy atom. The third kappa shape index (κ3) is 3.63. The van der Waals surface area contributed by atoms with Crippen molar-refractivity contribution < 1.29 is 19.9 Å². The smallest absolute Gasteiger partial charge is 0.334 e. The van der Waals surface area contributed by atoms with E-state index >= 15 is 0 Å². The summed E-state index contributed by atoms with van der Waals surface area (Å²) in [4.78, 5) is 22.0. The molecular weight excluding hydrogens is 306 g/mol. The average molecular weight is 319 g/mol. The highest BCUT2D eigenvalue weighted by Crippen LogP contribution is 2.41. The summed E-state index contributed by atoms with van der Waals surface area (Å²) in [5.41, 5.74) is 0.464. The van der Waals surface area contributed by atoms with Crippen molar-refractivity contribution in [3.8, 4) is 0 Å². The number of carbonyl (C=O) groups is 1. The van der Waals surface area contributed by atoms with Gasteiger partial charge in [0.15, 0.2) is 6.10 Å². The van der Waals surface area contributed by atoms with Crippen LogP contribution in [0.3, 0.4) is 0 Å². The molecule has 2 rings (SSSR count). The molecule has 0 saturated carbocycles. The minimum Gasteiger partial charge on any atom is -0.479 e. The van der Waals surface area contributed by atoms with Crippen molar-refractivity contribution in [3.05, 3.63) is 70.3 Å². The predicted octanol–water partition coefficient (Wildman–Crippen LogP) is 2.87. The Hall–Kier alpha value is -2.38. The molecule has 0 fully saturated rings. The van der Waals surface area contributed by atoms with Gasteiger partial charge in [-0.05, 0) is 11.6 Å². The zero-order valence-corrected chi connectivity index (χ0v) is 12.1. The van der Waals surface area contributed by atoms with E-state index in [2.05, 4.69) is 0 Å². The van der Waals surface area contributed by atoms with Gasteiger partial charge < -0.3 is 10.2 Å². The molecule has 2 N–H and O–H groups in total. The first kappa shape index (κ1) is 16.0. The fraction of sp³-hybridized carbons (Fsp3) is 0.133. The molecule has 6 nitrogen and oxygen atoms in total. The number of carboxylic acid groups (broad SMARTS) is 1. The summed E-state index contributed by atoms with van der Waals surface area (Å²) in [5.74, 6) is -1.38. The van der Waals surface area contributed by atoms with Gasteiger partial charge in [0.05, 0.1) is 15.1 Å². The minimum atomic E-state index is -1.67. The first-order valence-corrected chi connectivity index (χ1v) is 7.24. The van der Waals surface area contributed by atoms with Gasteiger partial charge in [-0.3, -0.25) is 10.1 Å². The SMILES string of the molecule is O=C(O)C(O)C(Sc1ccccc1[N+](=O)[O-])c1ccccc1. The number of hydrogen-bond donors (Lipinski definition) is 2. The second kappa shape index (κ2) is 7.06. The number of aliphatic carboxylic acids is 1. The van der Waals surface area contributed by atoms with Gasteiger partial charge in [-0.25, -0.2) is 4.79 Å². The second-order valence-corrected chi connectivity index (χ2v) is 5.64. The molecule has 0 amide bonds. The van der Waals surface area contributed by atoms with Crippen LogP contribution in [0.2, 0.25) is 0 Å². The molecule has 2 atom stereocenters. The Bertz CT molecular complexity index is 677. The topological polar surface area (TPSA) is 101 Å². The van der Waals surface area contributed by atoms with Crippen molar-refractivity contribution in [1.29, 1.82) is 0 Å². The van der Waals surface area contributed by atoms with Crippen LogP contribution in [-0.4, -0.2) is 27.2 Å². The van der Waals surface area contributed by atoms with Crippen molar-refractivity contribution in [1.82, 2.24) is 0 Å². The van der Waals surface area contributed by atoms with Crippen LogP contribution in [0, 0.1) is 10.1 Å². The lowest BCUT2D eigenvalue weighted by atomic mass is 10.1. The Labute approximate surface area is 130 Å². The summed E-state index contributed by atoms with van der Waals surface area (Å²) in [7, 11) is 0. The van der Waals surface area contributed by atoms with Crippen LogP contribution in [-0.2, 0) is 4.79 Å². The lowest BCUT2D eigenvalue weighted by Gasteiger charge is -2.20. The Kier molecular flexibility index (Phi) is 5.13. The Balaban J connectivity index is 2.40. The van der Waals surface area contributed by atoms with Gasteiger partial charge in [0.25, 0.3) is 5.69 Å². The molecule has 114 valence electrons. The number of nitro benzene ring substituents is 1. The molecule has 0 heterocycles. The molecule has 22 heavy (non-hydrogen) atoms. The lowest BCUT2D eigenvalue weighted by molar-refractivity contribution is -0.387. The summed E-state index contributed by atoms with van der Waals surface area (Å²) in [5, 5.41) is 29.2. The van der Waals surface area contributed by atoms with Crippen molar-refractivity contribution in [2.75, 3.05) is 0 Å². The van der Waals surface area contributed by atoms with Crippen molar-refractivity contribution in [3.63, 3.8) is 0 Å². The molecule has 2 unspecified atom stereocenters. The van der Waals surface area contributed by atoms with E-state index in [1.54, 1.807) is 36.4 Å². The third-order valence-electron chi connectivity index (χ3n) is 2.98. The number of thioether (sulfide) groups is 1. The van der Waals surface area contributed by atoms with Crippen LogP contribution in [0.25, 0.3) is 0 Å². The number of nitro groups is 1. The highest BCUT2D eigenvalue weighted by molar-refractivity contribution is 7.99. The molecule has 0 saturated heterocycles. The summed E-state index contributed by atoms with van der Waals surface area (Å²) in [6, 6.07) is 14.6. The molecule has 0 aromatic heterocycles. The number of hydrogen-bond acceptors (Lipinski definition) is 5. The maximum absolute atomic E-state index is 11.1. The molecule has 0 aliphatic carbocycles. The van der Waals surface area contributed by atoms with Crippen molar-refractivity contribution >= 4 is 23.4 Å². The Morgan fingerprint density at radius 2 is 1.68 bits per heavy atom. The number of benzene rings is 2. The van der Waals surface area contributed by atoms with Crippen LogP contribution >= 0.6 is 11.8 Å². The summed E-state index contributed by atoms with van der Waals surface area (Å²) < 4.78 is 0. The van der Waals surface area contributed by atoms with E-state index in [0.29, 0.717) is 10.5 Å². The van der Waals surface area contributed by atoms with Crippen LogP contribution in [0.1, 0.15) is 10.8 Å². The fourth-order valence-electron chi connectivity index (χ4n) is 1.93. The van der Waals surface area contributed by atoms with Gasteiger partial charge in [-0.15, -0.1) is 11.8 Å². The van der Waals surface area contributed by atoms with Crippen LogP contribution in [0.4, 0.5) is 5.69 Å². The standard InChI is InChI=1S/C15H13NO5S/c17-13(15(18)19)14(10-6-2-1-3-7-10)22-12-9-5-4-8-11(12)16(20)21/h1-9,13-14,17H,(H,18,19). The van der Waals surface area contributed by atoms with E-state index in [1.165, 1.54) is 18.2 Å². The average Bonchev–Trinajstić information content (AvgIpc) is 2.53. The van der Waals surface area contributed by atoms with E-state index in [4.69, 9.17) is 5.11 Å². The number of aliphatic hydroxyl groups excluding tert-OH is 1. The van der Waals surface area contributed by atoms with Crippen LogP contribution in [0.15, 0.2) is 59.5 Å². The normalized spacial score (nSPS) is 13.3. The molecule has 2 aromatic carbocycles. The quantitative estimate of drug-likeness (QED) is 0.482. The molecule has 0 spiro atoms. The molecule has 7 heteroatoms. The first-order chi connectivity index (χ1) is 10.5. The number of rotatable bonds is 6. The molecule has 0 bridgehead atoms. The molecule has 0 radical (unpaired) electrons. The number of para-hydroxylation sites is 1. The van der Waals surface area contributed by atoms with Gasteiger partial charge in [0, 0.05) is 6.07 Å². The number of nitrogens with zero attached hydrogens (tertiary/aromatic N) is 1. The summed E-state index contributed by atoms with van der Waals surface area (Å²) >= 11 is 0.961. The number of aliphatic hydroxyl groups is 1. The van der Waals surface area contributed by atoms with Crippen molar-refractivity contribution in [2.24, 2.45) is 0 Å². The first-order valence-electron chi connectivity index (χ1n) is 6.36. The van der Waals surface area contributed by atoms with Gasteiger partial charge in [0.2, 0.25) is 0 Å².